The van der Waals surface area contributed by atoms with E-state index in [1.807, 2.05) is 30.3 Å². The molecule has 0 saturated carbocycles. The Bertz CT molecular complexity index is 1390. The number of pyridine rings is 1. The molecule has 34 heavy (non-hydrogen) atoms. The van der Waals surface area contributed by atoms with Crippen molar-refractivity contribution in [1.29, 1.82) is 0 Å². The molecule has 168 valence electrons. The summed E-state index contributed by atoms with van der Waals surface area (Å²) < 4.78 is 1.52. The van der Waals surface area contributed by atoms with Gasteiger partial charge in [-0.3, -0.25) is 19.9 Å². The van der Waals surface area contributed by atoms with E-state index in [1.165, 1.54) is 16.9 Å². The molecule has 0 saturated heterocycles. The Morgan fingerprint density at radius 2 is 1.85 bits per heavy atom. The zero-order chi connectivity index (χ0) is 23.7. The number of benzene rings is 2. The SMILES string of the molecule is C=C1Nc2nc(-c3ccccc3)nn2C(c2ccccc2[N+](=O)[O-])C1C(=O)Nc1cccnc1. The third-order valence-corrected chi connectivity index (χ3v) is 5.55. The number of hydrogen-bond acceptors (Lipinski definition) is 7. The summed E-state index contributed by atoms with van der Waals surface area (Å²) in [5, 5.41) is 22.4. The fourth-order valence-corrected chi connectivity index (χ4v) is 4.04. The number of nitrogens with zero attached hydrogens (tertiary/aromatic N) is 5. The maximum absolute atomic E-state index is 13.5. The van der Waals surface area contributed by atoms with Crippen LogP contribution in [0.2, 0.25) is 0 Å². The van der Waals surface area contributed by atoms with Crippen LogP contribution >= 0.6 is 0 Å². The van der Waals surface area contributed by atoms with Crippen LogP contribution in [0.1, 0.15) is 11.6 Å². The van der Waals surface area contributed by atoms with Crippen molar-refractivity contribution in [3.8, 4) is 11.4 Å². The van der Waals surface area contributed by atoms with Gasteiger partial charge in [0.15, 0.2) is 5.82 Å². The minimum absolute atomic E-state index is 0.121. The number of carbonyl (C=O) groups is 1. The molecule has 2 unspecified atom stereocenters. The van der Waals surface area contributed by atoms with E-state index in [-0.39, 0.29) is 5.69 Å². The number of amides is 1. The Labute approximate surface area is 194 Å². The van der Waals surface area contributed by atoms with E-state index in [2.05, 4.69) is 32.3 Å². The molecular formula is C24H19N7O3. The van der Waals surface area contributed by atoms with Gasteiger partial charge in [-0.05, 0) is 18.2 Å². The van der Waals surface area contributed by atoms with Gasteiger partial charge in [0.25, 0.3) is 5.69 Å². The lowest BCUT2D eigenvalue weighted by Gasteiger charge is -2.33. The van der Waals surface area contributed by atoms with Crippen LogP contribution < -0.4 is 10.6 Å². The van der Waals surface area contributed by atoms with Crippen LogP contribution in [-0.4, -0.2) is 30.6 Å². The van der Waals surface area contributed by atoms with Gasteiger partial charge in [0.2, 0.25) is 11.9 Å². The van der Waals surface area contributed by atoms with Crippen LogP contribution in [-0.2, 0) is 4.79 Å². The van der Waals surface area contributed by atoms with Gasteiger partial charge in [-0.25, -0.2) is 4.68 Å². The first-order chi connectivity index (χ1) is 16.5. The van der Waals surface area contributed by atoms with Crippen molar-refractivity contribution in [2.75, 3.05) is 10.6 Å². The van der Waals surface area contributed by atoms with Crippen LogP contribution in [0.15, 0.2) is 91.4 Å². The molecule has 2 N–H and O–H groups in total. The Morgan fingerprint density at radius 3 is 2.59 bits per heavy atom. The summed E-state index contributed by atoms with van der Waals surface area (Å²) in [6.45, 7) is 4.05. The smallest absolute Gasteiger partial charge is 0.274 e. The van der Waals surface area contributed by atoms with Crippen LogP contribution in [0.3, 0.4) is 0 Å². The number of nitro groups is 1. The average molecular weight is 453 g/mol. The van der Waals surface area contributed by atoms with E-state index < -0.39 is 22.8 Å². The molecule has 3 heterocycles. The van der Waals surface area contributed by atoms with Gasteiger partial charge in [0.05, 0.1) is 22.4 Å². The molecule has 0 radical (unpaired) electrons. The van der Waals surface area contributed by atoms with Crippen molar-refractivity contribution in [3.63, 3.8) is 0 Å². The minimum atomic E-state index is -0.917. The summed E-state index contributed by atoms with van der Waals surface area (Å²) in [6.07, 6.45) is 3.12. The first-order valence-corrected chi connectivity index (χ1v) is 10.4. The summed E-state index contributed by atoms with van der Waals surface area (Å²) in [6, 6.07) is 18.2. The predicted molar refractivity (Wildman–Crippen MR) is 126 cm³/mol. The van der Waals surface area contributed by atoms with E-state index >= 15 is 0 Å². The summed E-state index contributed by atoms with van der Waals surface area (Å²) >= 11 is 0. The molecule has 10 heteroatoms. The third kappa shape index (κ3) is 3.77. The quantitative estimate of drug-likeness (QED) is 0.345. The second-order valence-corrected chi connectivity index (χ2v) is 7.69. The molecule has 2 atom stereocenters. The molecular weight excluding hydrogens is 434 g/mol. The van der Waals surface area contributed by atoms with Gasteiger partial charge in [-0.2, -0.15) is 4.98 Å². The lowest BCUT2D eigenvalue weighted by molar-refractivity contribution is -0.385. The monoisotopic (exact) mass is 453 g/mol. The second kappa shape index (κ2) is 8.58. The average Bonchev–Trinajstić information content (AvgIpc) is 3.28. The van der Waals surface area contributed by atoms with Gasteiger partial charge >= 0.3 is 0 Å². The zero-order valence-corrected chi connectivity index (χ0v) is 17.8. The van der Waals surface area contributed by atoms with Crippen LogP contribution in [0, 0.1) is 16.0 Å². The number of aromatic nitrogens is 4. The predicted octanol–water partition coefficient (Wildman–Crippen LogP) is 4.03. The van der Waals surface area contributed by atoms with Gasteiger partial charge in [0.1, 0.15) is 12.0 Å². The van der Waals surface area contributed by atoms with Gasteiger partial charge in [0, 0.05) is 23.5 Å². The van der Waals surface area contributed by atoms with Crippen molar-refractivity contribution in [1.82, 2.24) is 19.7 Å². The molecule has 2 aromatic heterocycles. The molecule has 2 aromatic carbocycles. The largest absolute Gasteiger partial charge is 0.328 e. The number of anilines is 2. The standard InChI is InChI=1S/C24H19N7O3/c1-15-20(23(32)27-17-10-7-13-25-14-17)21(18-11-5-6-12-19(18)31(33)34)30-24(26-15)28-22(29-30)16-8-3-2-4-9-16/h2-14,20-21H,1H2,(H,27,32)(H,26,28,29). The van der Waals surface area contributed by atoms with Crippen molar-refractivity contribution in [2.45, 2.75) is 6.04 Å². The number of rotatable bonds is 5. The Hall–Kier alpha value is -4.86. The van der Waals surface area contributed by atoms with Crippen molar-refractivity contribution < 1.29 is 9.72 Å². The molecule has 0 bridgehead atoms. The number of carbonyl (C=O) groups excluding carboxylic acids is 1. The zero-order valence-electron chi connectivity index (χ0n) is 17.8. The fraction of sp³-hybridized carbons (Fsp3) is 0.0833. The second-order valence-electron chi connectivity index (χ2n) is 7.69. The van der Waals surface area contributed by atoms with Gasteiger partial charge < -0.3 is 10.6 Å². The van der Waals surface area contributed by atoms with Crippen LogP contribution in [0.4, 0.5) is 17.3 Å². The molecule has 5 rings (SSSR count). The fourth-order valence-electron chi connectivity index (χ4n) is 4.04. The maximum Gasteiger partial charge on any atom is 0.274 e. The van der Waals surface area contributed by atoms with Crippen molar-refractivity contribution >= 4 is 23.2 Å². The molecule has 0 fully saturated rings. The Balaban J connectivity index is 1.65. The number of hydrogen-bond donors (Lipinski definition) is 2. The van der Waals surface area contributed by atoms with Crippen LogP contribution in [0.25, 0.3) is 11.4 Å². The minimum Gasteiger partial charge on any atom is -0.328 e. The number of para-hydroxylation sites is 1. The topological polar surface area (TPSA) is 128 Å². The Kier molecular flexibility index (Phi) is 5.30. The molecule has 1 aliphatic rings. The first-order valence-electron chi connectivity index (χ1n) is 10.4. The van der Waals surface area contributed by atoms with E-state index in [9.17, 15) is 14.9 Å². The highest BCUT2D eigenvalue weighted by Gasteiger charge is 2.42. The highest BCUT2D eigenvalue weighted by Crippen LogP contribution is 2.42. The summed E-state index contributed by atoms with van der Waals surface area (Å²) in [5.41, 5.74) is 1.82. The first kappa shape index (κ1) is 21.0. The highest BCUT2D eigenvalue weighted by molar-refractivity contribution is 5.95. The molecule has 0 aliphatic carbocycles. The normalized spacial score (nSPS) is 16.9. The summed E-state index contributed by atoms with van der Waals surface area (Å²) in [7, 11) is 0. The Morgan fingerprint density at radius 1 is 1.09 bits per heavy atom. The van der Waals surface area contributed by atoms with E-state index in [0.717, 1.165) is 5.56 Å². The lowest BCUT2D eigenvalue weighted by Crippen LogP contribution is -2.39. The molecule has 4 aromatic rings. The van der Waals surface area contributed by atoms with Gasteiger partial charge in [-0.1, -0.05) is 49.0 Å². The summed E-state index contributed by atoms with van der Waals surface area (Å²) in [4.78, 5) is 33.4. The number of nitro benzene ring substituents is 1. The van der Waals surface area contributed by atoms with Crippen LogP contribution in [0.5, 0.6) is 0 Å². The molecule has 1 aliphatic heterocycles. The van der Waals surface area contributed by atoms with Crippen molar-refractivity contribution in [2.24, 2.45) is 5.92 Å². The maximum atomic E-state index is 13.5. The van der Waals surface area contributed by atoms with E-state index in [0.29, 0.717) is 28.7 Å². The highest BCUT2D eigenvalue weighted by atomic mass is 16.6. The van der Waals surface area contributed by atoms with Gasteiger partial charge in [-0.15, -0.1) is 5.10 Å². The number of fused-ring (bicyclic) bond motifs is 1. The number of nitrogens with one attached hydrogen (secondary N) is 2. The third-order valence-electron chi connectivity index (χ3n) is 5.55. The molecule has 1 amide bonds. The summed E-state index contributed by atoms with van der Waals surface area (Å²) in [5.74, 6) is -0.555. The molecule has 0 spiro atoms. The lowest BCUT2D eigenvalue weighted by atomic mass is 9.87. The van der Waals surface area contributed by atoms with E-state index in [1.54, 1.807) is 36.5 Å². The van der Waals surface area contributed by atoms with Crippen molar-refractivity contribution in [3.05, 3.63) is 107 Å². The molecule has 10 nitrogen and oxygen atoms in total. The van der Waals surface area contributed by atoms with E-state index in [4.69, 9.17) is 0 Å².